The number of carbonyl (C=O) groups excluding carboxylic acids is 2. The Bertz CT molecular complexity index is 1090. The largest absolute Gasteiger partial charge is 0.497 e. The molecule has 1 atom stereocenters. The smallest absolute Gasteiger partial charge is 0.335 e. The number of thioether (sulfide) groups is 1. The lowest BCUT2D eigenvalue weighted by molar-refractivity contribution is -0.153. The van der Waals surface area contributed by atoms with Crippen molar-refractivity contribution in [3.63, 3.8) is 0 Å². The number of hydrogen-bond acceptors (Lipinski definition) is 6. The van der Waals surface area contributed by atoms with Crippen LogP contribution in [0.5, 0.6) is 5.75 Å². The van der Waals surface area contributed by atoms with Crippen LogP contribution in [0, 0.1) is 0 Å². The summed E-state index contributed by atoms with van der Waals surface area (Å²) in [5.74, 6) is -1.02. The number of rotatable bonds is 9. The molecule has 3 rings (SSSR count). The van der Waals surface area contributed by atoms with Crippen molar-refractivity contribution in [3.8, 4) is 5.75 Å². The first-order valence-corrected chi connectivity index (χ1v) is 12.5. The number of methoxy groups -OCH3 is 1. The van der Waals surface area contributed by atoms with Crippen LogP contribution in [-0.4, -0.2) is 47.0 Å². The lowest BCUT2D eigenvalue weighted by Gasteiger charge is -2.41. The second kappa shape index (κ2) is 10.7. The molecule has 188 valence electrons. The molecule has 2 aromatic rings. The molecule has 35 heavy (non-hydrogen) atoms. The van der Waals surface area contributed by atoms with E-state index in [1.807, 2.05) is 31.2 Å². The number of carbonyl (C=O) groups is 3. The maximum Gasteiger partial charge on any atom is 0.335 e. The van der Waals surface area contributed by atoms with Gasteiger partial charge in [0.2, 0.25) is 5.91 Å². The maximum absolute atomic E-state index is 13.9. The van der Waals surface area contributed by atoms with Gasteiger partial charge in [0.25, 0.3) is 0 Å². The normalized spacial score (nSPS) is 17.6. The summed E-state index contributed by atoms with van der Waals surface area (Å²) in [6, 6.07) is 12.6. The molecule has 0 bridgehead atoms. The second-order valence-corrected chi connectivity index (χ2v) is 11.0. The first-order valence-electron chi connectivity index (χ1n) is 11.7. The van der Waals surface area contributed by atoms with E-state index in [9.17, 15) is 19.5 Å². The number of nitrogens with zero attached hydrogens (tertiary/aromatic N) is 1. The molecule has 0 saturated heterocycles. The predicted molar refractivity (Wildman–Crippen MR) is 136 cm³/mol. The molecule has 1 heterocycles. The molecule has 1 N–H and O–H groups in total. The number of benzene rings is 2. The van der Waals surface area contributed by atoms with Crippen molar-refractivity contribution in [2.45, 2.75) is 68.6 Å². The highest BCUT2D eigenvalue weighted by Crippen LogP contribution is 2.49. The van der Waals surface area contributed by atoms with E-state index in [0.717, 1.165) is 29.1 Å². The topological polar surface area (TPSA) is 93.1 Å². The number of hydrogen-bond donors (Lipinski definition) is 1. The van der Waals surface area contributed by atoms with Gasteiger partial charge in [0.1, 0.15) is 17.9 Å². The van der Waals surface area contributed by atoms with Gasteiger partial charge in [-0.15, -0.1) is 11.8 Å². The highest BCUT2D eigenvalue weighted by molar-refractivity contribution is 8.01. The van der Waals surface area contributed by atoms with E-state index >= 15 is 0 Å². The SMILES string of the molecule is CC[C@]1(CCCc2ccc(OC)cc2)Sc2ccc(C(=O)O)cc2N(CC(=O)OC(C)(C)C)C1=O. The Hall–Kier alpha value is -3.00. The van der Waals surface area contributed by atoms with Crippen LogP contribution < -0.4 is 9.64 Å². The number of ether oxygens (including phenoxy) is 2. The van der Waals surface area contributed by atoms with E-state index in [1.165, 1.54) is 28.8 Å². The molecule has 0 aliphatic carbocycles. The van der Waals surface area contributed by atoms with Crippen LogP contribution in [-0.2, 0) is 20.7 Å². The first kappa shape index (κ1) is 26.6. The van der Waals surface area contributed by atoms with E-state index in [1.54, 1.807) is 33.9 Å². The molecule has 1 amide bonds. The summed E-state index contributed by atoms with van der Waals surface area (Å²) in [5, 5.41) is 9.47. The molecule has 0 saturated carbocycles. The molecule has 0 spiro atoms. The molecular formula is C27H33NO6S. The van der Waals surface area contributed by atoms with Crippen LogP contribution in [0.2, 0.25) is 0 Å². The summed E-state index contributed by atoms with van der Waals surface area (Å²) in [5.41, 5.74) is 0.957. The molecule has 0 unspecified atom stereocenters. The highest BCUT2D eigenvalue weighted by Gasteiger charge is 2.46. The molecule has 0 fully saturated rings. The summed E-state index contributed by atoms with van der Waals surface area (Å²) in [6.45, 7) is 7.01. The number of aromatic carboxylic acids is 1. The van der Waals surface area contributed by atoms with E-state index in [4.69, 9.17) is 9.47 Å². The van der Waals surface area contributed by atoms with Crippen LogP contribution >= 0.6 is 11.8 Å². The summed E-state index contributed by atoms with van der Waals surface area (Å²) in [7, 11) is 1.63. The number of carboxylic acid groups (broad SMARTS) is 1. The number of aryl methyl sites for hydroxylation is 1. The van der Waals surface area contributed by atoms with E-state index in [-0.39, 0.29) is 18.0 Å². The lowest BCUT2D eigenvalue weighted by atomic mass is 9.94. The minimum absolute atomic E-state index is 0.0647. The van der Waals surface area contributed by atoms with Crippen molar-refractivity contribution in [1.82, 2.24) is 0 Å². The van der Waals surface area contributed by atoms with Crippen LogP contribution in [0.15, 0.2) is 47.4 Å². The molecule has 7 nitrogen and oxygen atoms in total. The zero-order chi connectivity index (χ0) is 25.8. The zero-order valence-corrected chi connectivity index (χ0v) is 21.7. The maximum atomic E-state index is 13.9. The van der Waals surface area contributed by atoms with Crippen molar-refractivity contribution in [3.05, 3.63) is 53.6 Å². The van der Waals surface area contributed by atoms with Gasteiger partial charge in [0.15, 0.2) is 0 Å². The Labute approximate surface area is 210 Å². The molecule has 0 radical (unpaired) electrons. The number of fused-ring (bicyclic) bond motifs is 1. The summed E-state index contributed by atoms with van der Waals surface area (Å²) in [4.78, 5) is 40.3. The lowest BCUT2D eigenvalue weighted by Crippen LogP contribution is -2.52. The van der Waals surface area contributed by atoms with E-state index in [2.05, 4.69) is 0 Å². The third-order valence-electron chi connectivity index (χ3n) is 5.92. The van der Waals surface area contributed by atoms with Gasteiger partial charge < -0.3 is 14.6 Å². The van der Waals surface area contributed by atoms with Crippen LogP contribution in [0.4, 0.5) is 5.69 Å². The quantitative estimate of drug-likeness (QED) is 0.465. The number of amides is 1. The van der Waals surface area contributed by atoms with Crippen LogP contribution in [0.3, 0.4) is 0 Å². The van der Waals surface area contributed by atoms with Crippen LogP contribution in [0.1, 0.15) is 62.9 Å². The van der Waals surface area contributed by atoms with Gasteiger partial charge in [-0.05, 0) is 82.3 Å². The van der Waals surface area contributed by atoms with Gasteiger partial charge in [-0.1, -0.05) is 19.1 Å². The first-order chi connectivity index (χ1) is 16.5. The minimum atomic E-state index is -1.09. The molecule has 8 heteroatoms. The summed E-state index contributed by atoms with van der Waals surface area (Å²) in [6.07, 6.45) is 2.77. The number of esters is 1. The van der Waals surface area contributed by atoms with Gasteiger partial charge in [-0.2, -0.15) is 0 Å². The van der Waals surface area contributed by atoms with Gasteiger partial charge >= 0.3 is 11.9 Å². The van der Waals surface area contributed by atoms with Crippen molar-refractivity contribution in [1.29, 1.82) is 0 Å². The van der Waals surface area contributed by atoms with E-state index < -0.39 is 22.3 Å². The molecule has 2 aromatic carbocycles. The molecule has 1 aliphatic rings. The van der Waals surface area contributed by atoms with Crippen LogP contribution in [0.25, 0.3) is 0 Å². The predicted octanol–water partition coefficient (Wildman–Crippen LogP) is 5.35. The standard InChI is InChI=1S/C27H33NO6S/c1-6-27(15-7-8-18-9-12-20(33-5)13-10-18)25(32)28(17-23(29)34-26(2,3)4)21-16-19(24(30)31)11-14-22(21)35-27/h9-14,16H,6-8,15,17H2,1-5H3,(H,30,31)/t27-/m1/s1. The molecular weight excluding hydrogens is 466 g/mol. The van der Waals surface area contributed by atoms with Gasteiger partial charge in [0, 0.05) is 4.90 Å². The van der Waals surface area contributed by atoms with Gasteiger partial charge in [-0.25, -0.2) is 4.79 Å². The third kappa shape index (κ3) is 6.36. The number of anilines is 1. The Kier molecular flexibility index (Phi) is 8.15. The average Bonchev–Trinajstić information content (AvgIpc) is 2.80. The van der Waals surface area contributed by atoms with Gasteiger partial charge in [-0.3, -0.25) is 14.5 Å². The van der Waals surface area contributed by atoms with Crippen molar-refractivity contribution < 1.29 is 29.0 Å². The third-order valence-corrected chi connectivity index (χ3v) is 7.54. The Balaban J connectivity index is 1.88. The fourth-order valence-corrected chi connectivity index (χ4v) is 5.56. The van der Waals surface area contributed by atoms with E-state index in [0.29, 0.717) is 18.5 Å². The minimum Gasteiger partial charge on any atom is -0.497 e. The van der Waals surface area contributed by atoms with Crippen molar-refractivity contribution in [2.75, 3.05) is 18.6 Å². The fourth-order valence-electron chi connectivity index (χ4n) is 4.15. The van der Waals surface area contributed by atoms with Crippen molar-refractivity contribution in [2.24, 2.45) is 0 Å². The zero-order valence-electron chi connectivity index (χ0n) is 20.9. The second-order valence-electron chi connectivity index (χ2n) is 9.62. The summed E-state index contributed by atoms with van der Waals surface area (Å²) < 4.78 is 9.94. The Morgan fingerprint density at radius 3 is 2.37 bits per heavy atom. The molecule has 0 aromatic heterocycles. The fraction of sp³-hybridized carbons (Fsp3) is 0.444. The Morgan fingerprint density at radius 2 is 1.80 bits per heavy atom. The van der Waals surface area contributed by atoms with Gasteiger partial charge in [0.05, 0.1) is 23.1 Å². The van der Waals surface area contributed by atoms with Crippen molar-refractivity contribution >= 4 is 35.3 Å². The molecule has 1 aliphatic heterocycles. The number of carboxylic acids is 1. The summed E-state index contributed by atoms with van der Waals surface area (Å²) >= 11 is 1.46. The average molecular weight is 500 g/mol. The monoisotopic (exact) mass is 499 g/mol. The highest BCUT2D eigenvalue weighted by atomic mass is 32.2. The Morgan fingerprint density at radius 1 is 1.11 bits per heavy atom.